The molecule has 378 valence electrons. The maximum absolute atomic E-state index is 13.2. The van der Waals surface area contributed by atoms with Crippen molar-refractivity contribution >= 4 is 11.9 Å². The number of hydrogen-bond acceptors (Lipinski definition) is 5. The Bertz CT molecular complexity index is 1160. The molecule has 0 spiro atoms. The number of aliphatic hydroxyl groups is 2. The minimum atomic E-state index is -0.803. The highest BCUT2D eigenvalue weighted by molar-refractivity contribution is 5.77. The van der Waals surface area contributed by atoms with Crippen LogP contribution in [-0.4, -0.2) is 46.9 Å². The number of carbonyl (C=O) groups is 2. The normalized spacial score (nSPS) is 13.6. The fourth-order valence-corrected chi connectivity index (χ4v) is 8.43. The summed E-state index contributed by atoms with van der Waals surface area (Å²) in [5.41, 5.74) is 0. The number of carbonyl (C=O) groups excluding carboxylic acids is 2. The Kier molecular flexibility index (Phi) is 50.6. The van der Waals surface area contributed by atoms with Gasteiger partial charge in [0.15, 0.2) is 0 Å². The standard InChI is InChI=1S/C59H107NO5/c1-4-7-10-13-16-19-22-25-28-29-31-33-36-39-42-45-48-51-57(62)56(54-61)60-58(63)53-55(50-47-44-41-38-35-32-27-24-21-18-15-12-9-6-3)65-59(64)52-49-46-43-40-37-34-30-26-23-20-17-14-11-8-5-2/h8,11,14,17,20,23,32,35,38,41,55-57,61-62H,4-7,9-10,12-13,15-16,18-19,21-22,24-31,33-34,36-37,39-40,42-54H2,1-3H3,(H,60,63)/b11-8+,17-14+,23-20+,35-32+,41-38+. The molecule has 0 rings (SSSR count). The molecular formula is C59H107NO5. The van der Waals surface area contributed by atoms with Gasteiger partial charge in [0.2, 0.25) is 5.91 Å². The van der Waals surface area contributed by atoms with Crippen LogP contribution in [0.2, 0.25) is 0 Å². The molecule has 0 heterocycles. The van der Waals surface area contributed by atoms with Crippen LogP contribution in [0.1, 0.15) is 278 Å². The molecule has 65 heavy (non-hydrogen) atoms. The van der Waals surface area contributed by atoms with E-state index in [-0.39, 0.29) is 24.9 Å². The van der Waals surface area contributed by atoms with E-state index < -0.39 is 18.2 Å². The van der Waals surface area contributed by atoms with E-state index in [1.54, 1.807) is 0 Å². The van der Waals surface area contributed by atoms with E-state index in [1.165, 1.54) is 161 Å². The third kappa shape index (κ3) is 47.8. The molecule has 0 aliphatic rings. The second kappa shape index (κ2) is 52.5. The first-order valence-corrected chi connectivity index (χ1v) is 28.1. The Morgan fingerprint density at radius 1 is 0.462 bits per heavy atom. The maximum Gasteiger partial charge on any atom is 0.306 e. The average molecular weight is 911 g/mol. The minimum Gasteiger partial charge on any atom is -0.462 e. The second-order valence-electron chi connectivity index (χ2n) is 19.0. The van der Waals surface area contributed by atoms with E-state index in [0.717, 1.165) is 70.6 Å². The first-order valence-electron chi connectivity index (χ1n) is 28.1. The third-order valence-electron chi connectivity index (χ3n) is 12.7. The molecule has 0 radical (unpaired) electrons. The molecule has 6 nitrogen and oxygen atoms in total. The summed E-state index contributed by atoms with van der Waals surface area (Å²) < 4.78 is 5.92. The molecule has 0 saturated carbocycles. The van der Waals surface area contributed by atoms with Crippen LogP contribution in [0.5, 0.6) is 0 Å². The molecule has 3 atom stereocenters. The molecule has 6 heteroatoms. The van der Waals surface area contributed by atoms with Crippen LogP contribution in [0.4, 0.5) is 0 Å². The fraction of sp³-hybridized carbons (Fsp3) is 0.797. The highest BCUT2D eigenvalue weighted by Gasteiger charge is 2.24. The average Bonchev–Trinajstić information content (AvgIpc) is 3.30. The number of nitrogens with one attached hydrogen (secondary N) is 1. The summed E-state index contributed by atoms with van der Waals surface area (Å²) in [6.07, 6.45) is 65.8. The molecule has 3 N–H and O–H groups in total. The van der Waals surface area contributed by atoms with Gasteiger partial charge in [-0.2, -0.15) is 0 Å². The third-order valence-corrected chi connectivity index (χ3v) is 12.7. The first kappa shape index (κ1) is 62.6. The number of rotatable bonds is 50. The molecule has 0 aromatic rings. The lowest BCUT2D eigenvalue weighted by atomic mass is 10.0. The van der Waals surface area contributed by atoms with Crippen LogP contribution >= 0.6 is 0 Å². The molecule has 0 aliphatic carbocycles. The van der Waals surface area contributed by atoms with Crippen molar-refractivity contribution in [1.82, 2.24) is 5.32 Å². The number of allylic oxidation sites excluding steroid dienone is 10. The zero-order chi connectivity index (χ0) is 47.4. The van der Waals surface area contributed by atoms with Crippen LogP contribution < -0.4 is 5.32 Å². The Morgan fingerprint density at radius 2 is 0.846 bits per heavy atom. The number of esters is 1. The highest BCUT2D eigenvalue weighted by Crippen LogP contribution is 2.18. The number of aliphatic hydroxyl groups excluding tert-OH is 2. The molecule has 0 aromatic carbocycles. The van der Waals surface area contributed by atoms with E-state index >= 15 is 0 Å². The summed E-state index contributed by atoms with van der Waals surface area (Å²) in [6, 6.07) is -0.720. The van der Waals surface area contributed by atoms with Crippen LogP contribution in [0.25, 0.3) is 0 Å². The van der Waals surface area contributed by atoms with Crippen molar-refractivity contribution in [3.05, 3.63) is 60.8 Å². The van der Waals surface area contributed by atoms with Gasteiger partial charge in [0.25, 0.3) is 0 Å². The van der Waals surface area contributed by atoms with Crippen LogP contribution in [0, 0.1) is 0 Å². The van der Waals surface area contributed by atoms with Crippen molar-refractivity contribution < 1.29 is 24.5 Å². The molecule has 0 fully saturated rings. The monoisotopic (exact) mass is 910 g/mol. The van der Waals surface area contributed by atoms with Gasteiger partial charge in [-0.3, -0.25) is 9.59 Å². The zero-order valence-corrected chi connectivity index (χ0v) is 43.1. The molecule has 0 bridgehead atoms. The predicted octanol–water partition coefficient (Wildman–Crippen LogP) is 17.2. The lowest BCUT2D eigenvalue weighted by molar-refractivity contribution is -0.151. The Balaban J connectivity index is 4.59. The van der Waals surface area contributed by atoms with Gasteiger partial charge in [0, 0.05) is 6.42 Å². The van der Waals surface area contributed by atoms with Gasteiger partial charge in [-0.25, -0.2) is 0 Å². The lowest BCUT2D eigenvalue weighted by Gasteiger charge is -2.24. The summed E-state index contributed by atoms with van der Waals surface area (Å²) >= 11 is 0. The van der Waals surface area contributed by atoms with Crippen molar-refractivity contribution in [2.45, 2.75) is 296 Å². The van der Waals surface area contributed by atoms with Gasteiger partial charge >= 0.3 is 5.97 Å². The van der Waals surface area contributed by atoms with Crippen LogP contribution in [0.15, 0.2) is 60.8 Å². The molecule has 0 aliphatic heterocycles. The number of hydrogen-bond donors (Lipinski definition) is 3. The van der Waals surface area contributed by atoms with Crippen LogP contribution in [-0.2, 0) is 14.3 Å². The van der Waals surface area contributed by atoms with Crippen LogP contribution in [0.3, 0.4) is 0 Å². The van der Waals surface area contributed by atoms with Gasteiger partial charge in [-0.05, 0) is 64.2 Å². The molecule has 0 aromatic heterocycles. The summed E-state index contributed by atoms with van der Waals surface area (Å²) in [7, 11) is 0. The van der Waals surface area contributed by atoms with Crippen molar-refractivity contribution in [2.75, 3.05) is 6.61 Å². The van der Waals surface area contributed by atoms with Gasteiger partial charge in [0.1, 0.15) is 6.10 Å². The summed E-state index contributed by atoms with van der Waals surface area (Å²) in [5, 5.41) is 23.9. The lowest BCUT2D eigenvalue weighted by Crippen LogP contribution is -2.46. The topological polar surface area (TPSA) is 95.9 Å². The van der Waals surface area contributed by atoms with E-state index in [1.807, 2.05) is 0 Å². The van der Waals surface area contributed by atoms with Gasteiger partial charge in [-0.1, -0.05) is 261 Å². The van der Waals surface area contributed by atoms with Gasteiger partial charge in [-0.15, -0.1) is 0 Å². The molecule has 1 amide bonds. The first-order chi connectivity index (χ1) is 32.0. The Morgan fingerprint density at radius 3 is 1.29 bits per heavy atom. The SMILES string of the molecule is CC/C=C/C=C/C=C/CCCCCCCCCC(=O)OC(CCC/C=C/C=C/CCCCCCCCC)CC(=O)NC(CO)C(O)CCCCCCCCCCCCCCCCCCC. The van der Waals surface area contributed by atoms with E-state index in [2.05, 4.69) is 86.8 Å². The second-order valence-corrected chi connectivity index (χ2v) is 19.0. The summed E-state index contributed by atoms with van der Waals surface area (Å²) in [5.74, 6) is -0.529. The van der Waals surface area contributed by atoms with Gasteiger partial charge in [0.05, 0.1) is 25.2 Å². The Hall–Kier alpha value is -2.44. The predicted molar refractivity (Wildman–Crippen MR) is 282 cm³/mol. The minimum absolute atomic E-state index is 0.0392. The van der Waals surface area contributed by atoms with Crippen molar-refractivity contribution in [2.24, 2.45) is 0 Å². The highest BCUT2D eigenvalue weighted by atomic mass is 16.5. The zero-order valence-electron chi connectivity index (χ0n) is 43.1. The van der Waals surface area contributed by atoms with E-state index in [9.17, 15) is 19.8 Å². The summed E-state index contributed by atoms with van der Waals surface area (Å²) in [4.78, 5) is 26.2. The molecular weight excluding hydrogens is 803 g/mol. The molecule has 3 unspecified atom stereocenters. The quantitative estimate of drug-likeness (QED) is 0.0321. The van der Waals surface area contributed by atoms with E-state index in [0.29, 0.717) is 19.3 Å². The Labute approximate surface area is 403 Å². The number of amides is 1. The van der Waals surface area contributed by atoms with Crippen molar-refractivity contribution in [3.63, 3.8) is 0 Å². The summed E-state index contributed by atoms with van der Waals surface area (Å²) in [6.45, 7) is 6.36. The van der Waals surface area contributed by atoms with Gasteiger partial charge < -0.3 is 20.3 Å². The maximum atomic E-state index is 13.2. The smallest absolute Gasteiger partial charge is 0.306 e. The van der Waals surface area contributed by atoms with Crippen molar-refractivity contribution in [1.29, 1.82) is 0 Å². The largest absolute Gasteiger partial charge is 0.462 e. The van der Waals surface area contributed by atoms with E-state index in [4.69, 9.17) is 4.74 Å². The number of ether oxygens (including phenoxy) is 1. The van der Waals surface area contributed by atoms with Crippen molar-refractivity contribution in [3.8, 4) is 0 Å². The number of unbranched alkanes of at least 4 members (excludes halogenated alkanes) is 31. The fourth-order valence-electron chi connectivity index (χ4n) is 8.43. The molecule has 0 saturated heterocycles.